The van der Waals surface area contributed by atoms with Gasteiger partial charge in [0.05, 0.1) is 17.9 Å². The van der Waals surface area contributed by atoms with Crippen LogP contribution in [-0.4, -0.2) is 52.2 Å². The summed E-state index contributed by atoms with van der Waals surface area (Å²) in [5.41, 5.74) is 6.48. The lowest BCUT2D eigenvalue weighted by Gasteiger charge is -2.34. The van der Waals surface area contributed by atoms with Gasteiger partial charge in [-0.3, -0.25) is 14.3 Å². The molecule has 1 aromatic rings. The highest BCUT2D eigenvalue weighted by Gasteiger charge is 2.30. The normalized spacial score (nSPS) is 16.9. The van der Waals surface area contributed by atoms with Gasteiger partial charge >= 0.3 is 0 Å². The molecular weight excluding hydrogens is 282 g/mol. The van der Waals surface area contributed by atoms with E-state index in [4.69, 9.17) is 5.73 Å². The SMILES string of the molecule is CCC(N)C(=O)N1CCN(c2cnn(C)c2)C(=O)C1.Cl. The minimum atomic E-state index is -0.516. The van der Waals surface area contributed by atoms with Crippen molar-refractivity contribution in [3.63, 3.8) is 0 Å². The Morgan fingerprint density at radius 3 is 2.70 bits per heavy atom. The molecule has 1 aromatic heterocycles. The van der Waals surface area contributed by atoms with Crippen molar-refractivity contribution in [3.05, 3.63) is 12.4 Å². The van der Waals surface area contributed by atoms with Crippen LogP contribution in [0.3, 0.4) is 0 Å². The largest absolute Gasteiger partial charge is 0.330 e. The molecular formula is C12H20ClN5O2. The Bertz CT molecular complexity index is 490. The fourth-order valence-electron chi connectivity index (χ4n) is 2.09. The summed E-state index contributed by atoms with van der Waals surface area (Å²) in [7, 11) is 1.80. The van der Waals surface area contributed by atoms with E-state index in [0.717, 1.165) is 5.69 Å². The number of aryl methyl sites for hydroxylation is 1. The summed E-state index contributed by atoms with van der Waals surface area (Å²) in [4.78, 5) is 27.2. The first-order valence-electron chi connectivity index (χ1n) is 6.36. The van der Waals surface area contributed by atoms with Crippen molar-refractivity contribution in [3.8, 4) is 0 Å². The summed E-state index contributed by atoms with van der Waals surface area (Å²) >= 11 is 0. The lowest BCUT2D eigenvalue weighted by atomic mass is 10.2. The van der Waals surface area contributed by atoms with Gasteiger partial charge in [0.25, 0.3) is 0 Å². The van der Waals surface area contributed by atoms with Crippen molar-refractivity contribution in [1.29, 1.82) is 0 Å². The van der Waals surface area contributed by atoms with E-state index in [1.807, 2.05) is 6.92 Å². The van der Waals surface area contributed by atoms with Gasteiger partial charge in [0.1, 0.15) is 6.54 Å². The third-order valence-corrected chi connectivity index (χ3v) is 3.29. The van der Waals surface area contributed by atoms with Crippen LogP contribution in [0.15, 0.2) is 12.4 Å². The van der Waals surface area contributed by atoms with Crippen LogP contribution in [0, 0.1) is 0 Å². The molecule has 0 spiro atoms. The third-order valence-electron chi connectivity index (χ3n) is 3.29. The van der Waals surface area contributed by atoms with Crippen LogP contribution in [0.4, 0.5) is 5.69 Å². The van der Waals surface area contributed by atoms with E-state index in [1.165, 1.54) is 4.90 Å². The summed E-state index contributed by atoms with van der Waals surface area (Å²) in [6.07, 6.45) is 4.01. The van der Waals surface area contributed by atoms with Crippen LogP contribution in [-0.2, 0) is 16.6 Å². The van der Waals surface area contributed by atoms with Gasteiger partial charge in [-0.2, -0.15) is 5.10 Å². The number of rotatable bonds is 3. The number of piperazine rings is 1. The molecule has 2 amide bonds. The van der Waals surface area contributed by atoms with Gasteiger partial charge in [0.15, 0.2) is 0 Å². The number of anilines is 1. The summed E-state index contributed by atoms with van der Waals surface area (Å²) in [5.74, 6) is -0.252. The van der Waals surface area contributed by atoms with E-state index in [1.54, 1.807) is 29.0 Å². The van der Waals surface area contributed by atoms with Gasteiger partial charge in [0.2, 0.25) is 11.8 Å². The molecule has 112 valence electrons. The Morgan fingerprint density at radius 1 is 1.50 bits per heavy atom. The summed E-state index contributed by atoms with van der Waals surface area (Å²) in [5, 5.41) is 4.04. The number of halogens is 1. The average molecular weight is 302 g/mol. The van der Waals surface area contributed by atoms with E-state index in [2.05, 4.69) is 5.10 Å². The van der Waals surface area contributed by atoms with Crippen molar-refractivity contribution < 1.29 is 9.59 Å². The summed E-state index contributed by atoms with van der Waals surface area (Å²) < 4.78 is 1.65. The van der Waals surface area contributed by atoms with E-state index >= 15 is 0 Å². The second-order valence-corrected chi connectivity index (χ2v) is 4.69. The zero-order chi connectivity index (χ0) is 14.0. The number of nitrogens with two attached hydrogens (primary N) is 1. The first-order valence-corrected chi connectivity index (χ1v) is 6.36. The Hall–Kier alpha value is -1.60. The number of aromatic nitrogens is 2. The molecule has 0 radical (unpaired) electrons. The maximum Gasteiger partial charge on any atom is 0.246 e. The Morgan fingerprint density at radius 2 is 2.20 bits per heavy atom. The molecule has 1 aliphatic heterocycles. The molecule has 20 heavy (non-hydrogen) atoms. The predicted octanol–water partition coefficient (Wildman–Crippen LogP) is -0.246. The van der Waals surface area contributed by atoms with Crippen LogP contribution in [0.5, 0.6) is 0 Å². The summed E-state index contributed by atoms with van der Waals surface area (Å²) in [6, 6.07) is -0.516. The Kier molecular flexibility index (Phi) is 5.52. The van der Waals surface area contributed by atoms with Crippen LogP contribution in [0.1, 0.15) is 13.3 Å². The molecule has 0 saturated carbocycles. The molecule has 2 N–H and O–H groups in total. The quantitative estimate of drug-likeness (QED) is 0.835. The molecule has 0 bridgehead atoms. The van der Waals surface area contributed by atoms with Gasteiger partial charge in [-0.25, -0.2) is 0 Å². The molecule has 1 aliphatic rings. The van der Waals surface area contributed by atoms with Gasteiger partial charge in [-0.05, 0) is 6.42 Å². The van der Waals surface area contributed by atoms with E-state index in [9.17, 15) is 9.59 Å². The van der Waals surface area contributed by atoms with Crippen LogP contribution >= 0.6 is 12.4 Å². The smallest absolute Gasteiger partial charge is 0.246 e. The molecule has 1 saturated heterocycles. The van der Waals surface area contributed by atoms with Gasteiger partial charge in [0, 0.05) is 26.3 Å². The highest BCUT2D eigenvalue weighted by molar-refractivity contribution is 5.98. The van der Waals surface area contributed by atoms with Crippen LogP contribution in [0.25, 0.3) is 0 Å². The van der Waals surface area contributed by atoms with E-state index in [0.29, 0.717) is 19.5 Å². The molecule has 7 nitrogen and oxygen atoms in total. The predicted molar refractivity (Wildman–Crippen MR) is 77.7 cm³/mol. The maximum atomic E-state index is 12.1. The van der Waals surface area contributed by atoms with Crippen molar-refractivity contribution in [2.24, 2.45) is 12.8 Å². The fourth-order valence-corrected chi connectivity index (χ4v) is 2.09. The number of hydrogen-bond donors (Lipinski definition) is 1. The standard InChI is InChI=1S/C12H19N5O2.ClH/c1-3-10(13)12(19)16-4-5-17(11(18)8-16)9-6-14-15(2)7-9;/h6-7,10H,3-5,8,13H2,1-2H3;1H. The minimum absolute atomic E-state index is 0. The zero-order valence-electron chi connectivity index (χ0n) is 11.7. The number of amides is 2. The monoisotopic (exact) mass is 301 g/mol. The topological polar surface area (TPSA) is 84.5 Å². The van der Waals surface area contributed by atoms with Crippen molar-refractivity contribution in [2.75, 3.05) is 24.5 Å². The maximum absolute atomic E-state index is 12.1. The second-order valence-electron chi connectivity index (χ2n) is 4.69. The second kappa shape index (κ2) is 6.71. The third kappa shape index (κ3) is 3.29. The molecule has 2 rings (SSSR count). The fraction of sp³-hybridized carbons (Fsp3) is 0.583. The number of hydrogen-bond acceptors (Lipinski definition) is 4. The molecule has 2 heterocycles. The van der Waals surface area contributed by atoms with Gasteiger partial charge in [-0.1, -0.05) is 6.92 Å². The van der Waals surface area contributed by atoms with Gasteiger partial charge in [-0.15, -0.1) is 12.4 Å². The minimum Gasteiger partial charge on any atom is -0.330 e. The number of nitrogens with zero attached hydrogens (tertiary/aromatic N) is 4. The lowest BCUT2D eigenvalue weighted by molar-refractivity contribution is -0.137. The van der Waals surface area contributed by atoms with E-state index in [-0.39, 0.29) is 30.8 Å². The van der Waals surface area contributed by atoms with Crippen molar-refractivity contribution in [1.82, 2.24) is 14.7 Å². The highest BCUT2D eigenvalue weighted by atomic mass is 35.5. The molecule has 0 aromatic carbocycles. The Labute approximate surface area is 124 Å². The van der Waals surface area contributed by atoms with Crippen molar-refractivity contribution in [2.45, 2.75) is 19.4 Å². The van der Waals surface area contributed by atoms with Crippen molar-refractivity contribution >= 4 is 29.9 Å². The van der Waals surface area contributed by atoms with Crippen LogP contribution in [0.2, 0.25) is 0 Å². The van der Waals surface area contributed by atoms with E-state index < -0.39 is 6.04 Å². The number of carbonyl (C=O) groups is 2. The molecule has 1 fully saturated rings. The highest BCUT2D eigenvalue weighted by Crippen LogP contribution is 2.16. The first kappa shape index (κ1) is 16.5. The average Bonchev–Trinajstić information content (AvgIpc) is 2.83. The Balaban J connectivity index is 0.00000200. The first-order chi connectivity index (χ1) is 9.02. The zero-order valence-corrected chi connectivity index (χ0v) is 12.5. The molecule has 8 heteroatoms. The molecule has 1 unspecified atom stereocenters. The molecule has 0 aliphatic carbocycles. The lowest BCUT2D eigenvalue weighted by Crippen LogP contribution is -2.55. The number of carbonyl (C=O) groups excluding carboxylic acids is 2. The molecule has 1 atom stereocenters. The summed E-state index contributed by atoms with van der Waals surface area (Å²) in [6.45, 7) is 2.93. The van der Waals surface area contributed by atoms with Crippen LogP contribution < -0.4 is 10.6 Å². The van der Waals surface area contributed by atoms with Gasteiger partial charge < -0.3 is 15.5 Å².